The maximum atomic E-state index is 10.9. The maximum absolute atomic E-state index is 10.9. The van der Waals surface area contributed by atoms with E-state index in [1.54, 1.807) is 0 Å². The minimum atomic E-state index is 0.757. The molecule has 0 radical (unpaired) electrons. The molecule has 0 unspecified atom stereocenters. The van der Waals surface area contributed by atoms with Gasteiger partial charge < -0.3 is 0 Å². The number of carbonyl (C=O) groups excluding carboxylic acids is 1. The summed E-state index contributed by atoms with van der Waals surface area (Å²) in [5, 5.41) is 0. The Morgan fingerprint density at radius 2 is 1.81 bits per heavy atom. The number of rotatable bonds is 3. The Bertz CT molecular complexity index is 491. The van der Waals surface area contributed by atoms with E-state index in [9.17, 15) is 4.79 Å². The fraction of sp³-hybridized carbons (Fsp3) is 0.0714. The van der Waals surface area contributed by atoms with Crippen molar-refractivity contribution in [1.29, 1.82) is 0 Å². The lowest BCUT2D eigenvalue weighted by atomic mass is 10.0. The standard InChI is InChI=1S/C14H11BrO/c15-14-7-6-12(10-16)13(9-14)8-11-4-2-1-3-5-11/h1-7,9-10H,8H2. The van der Waals surface area contributed by atoms with Crippen LogP contribution in [0.4, 0.5) is 0 Å². The van der Waals surface area contributed by atoms with Gasteiger partial charge in [-0.25, -0.2) is 0 Å². The average Bonchev–Trinajstić information content (AvgIpc) is 2.31. The molecule has 0 atom stereocenters. The molecule has 0 aliphatic rings. The van der Waals surface area contributed by atoms with Crippen molar-refractivity contribution in [2.24, 2.45) is 0 Å². The number of aldehydes is 1. The first-order chi connectivity index (χ1) is 7.79. The highest BCUT2D eigenvalue weighted by Crippen LogP contribution is 2.18. The molecule has 0 aliphatic carbocycles. The maximum Gasteiger partial charge on any atom is 0.150 e. The minimum absolute atomic E-state index is 0.757. The van der Waals surface area contributed by atoms with Crippen molar-refractivity contribution < 1.29 is 4.79 Å². The van der Waals surface area contributed by atoms with Crippen LogP contribution < -0.4 is 0 Å². The van der Waals surface area contributed by atoms with Crippen molar-refractivity contribution in [3.63, 3.8) is 0 Å². The van der Waals surface area contributed by atoms with Crippen LogP contribution in [-0.2, 0) is 6.42 Å². The first-order valence-corrected chi connectivity index (χ1v) is 5.86. The SMILES string of the molecule is O=Cc1ccc(Br)cc1Cc1ccccc1. The summed E-state index contributed by atoms with van der Waals surface area (Å²) in [4.78, 5) is 10.9. The van der Waals surface area contributed by atoms with Crippen LogP contribution in [0.25, 0.3) is 0 Å². The summed E-state index contributed by atoms with van der Waals surface area (Å²) in [5.74, 6) is 0. The Balaban J connectivity index is 2.33. The van der Waals surface area contributed by atoms with Gasteiger partial charge in [0.2, 0.25) is 0 Å². The molecule has 80 valence electrons. The average molecular weight is 275 g/mol. The molecule has 2 aromatic rings. The van der Waals surface area contributed by atoms with Gasteiger partial charge in [-0.3, -0.25) is 4.79 Å². The number of halogens is 1. The van der Waals surface area contributed by atoms with Crippen molar-refractivity contribution in [3.05, 3.63) is 69.7 Å². The zero-order valence-electron chi connectivity index (χ0n) is 8.69. The van der Waals surface area contributed by atoms with Crippen molar-refractivity contribution in [1.82, 2.24) is 0 Å². The molecule has 0 bridgehead atoms. The number of benzene rings is 2. The third-order valence-corrected chi connectivity index (χ3v) is 2.96. The number of hydrogen-bond acceptors (Lipinski definition) is 1. The van der Waals surface area contributed by atoms with Gasteiger partial charge in [0.1, 0.15) is 6.29 Å². The van der Waals surface area contributed by atoms with Crippen LogP contribution in [0, 0.1) is 0 Å². The molecule has 1 nitrogen and oxygen atoms in total. The molecule has 0 aliphatic heterocycles. The van der Waals surface area contributed by atoms with Crippen molar-refractivity contribution in [3.8, 4) is 0 Å². The van der Waals surface area contributed by atoms with Gasteiger partial charge in [0.15, 0.2) is 0 Å². The zero-order chi connectivity index (χ0) is 11.4. The second-order valence-electron chi connectivity index (χ2n) is 3.62. The fourth-order valence-corrected chi connectivity index (χ4v) is 2.07. The zero-order valence-corrected chi connectivity index (χ0v) is 10.3. The van der Waals surface area contributed by atoms with Gasteiger partial charge in [0, 0.05) is 10.0 Å². The normalized spacial score (nSPS) is 10.1. The molecule has 0 spiro atoms. The van der Waals surface area contributed by atoms with Crippen molar-refractivity contribution >= 4 is 22.2 Å². The lowest BCUT2D eigenvalue weighted by Crippen LogP contribution is -1.94. The van der Waals surface area contributed by atoms with E-state index in [1.807, 2.05) is 36.4 Å². The highest BCUT2D eigenvalue weighted by atomic mass is 79.9. The highest BCUT2D eigenvalue weighted by Gasteiger charge is 2.03. The molecule has 2 aromatic carbocycles. The Morgan fingerprint density at radius 3 is 2.50 bits per heavy atom. The van der Waals surface area contributed by atoms with E-state index in [4.69, 9.17) is 0 Å². The molecule has 0 amide bonds. The van der Waals surface area contributed by atoms with Gasteiger partial charge in [0.05, 0.1) is 0 Å². The molecule has 0 saturated carbocycles. The second kappa shape index (κ2) is 5.08. The number of carbonyl (C=O) groups is 1. The van der Waals surface area contributed by atoms with E-state index < -0.39 is 0 Å². The van der Waals surface area contributed by atoms with Gasteiger partial charge in [-0.2, -0.15) is 0 Å². The van der Waals surface area contributed by atoms with Gasteiger partial charge >= 0.3 is 0 Å². The molecule has 2 heteroatoms. The van der Waals surface area contributed by atoms with Crippen molar-refractivity contribution in [2.45, 2.75) is 6.42 Å². The highest BCUT2D eigenvalue weighted by molar-refractivity contribution is 9.10. The second-order valence-corrected chi connectivity index (χ2v) is 4.54. The molecule has 2 rings (SSSR count). The minimum Gasteiger partial charge on any atom is -0.298 e. The third kappa shape index (κ3) is 2.58. The lowest BCUT2D eigenvalue weighted by molar-refractivity contribution is 0.112. The van der Waals surface area contributed by atoms with Crippen LogP contribution in [0.5, 0.6) is 0 Å². The lowest BCUT2D eigenvalue weighted by Gasteiger charge is -2.05. The molecule has 0 heterocycles. The molecule has 0 saturated heterocycles. The Hall–Kier alpha value is -1.41. The predicted octanol–water partition coefficient (Wildman–Crippen LogP) is 3.85. The monoisotopic (exact) mass is 274 g/mol. The van der Waals surface area contributed by atoms with E-state index in [-0.39, 0.29) is 0 Å². The van der Waals surface area contributed by atoms with Crippen LogP contribution in [0.15, 0.2) is 53.0 Å². The Labute approximate surface area is 103 Å². The number of hydrogen-bond donors (Lipinski definition) is 0. The molecule has 0 fully saturated rings. The van der Waals surface area contributed by atoms with E-state index in [0.29, 0.717) is 0 Å². The van der Waals surface area contributed by atoms with Crippen LogP contribution in [-0.4, -0.2) is 6.29 Å². The van der Waals surface area contributed by atoms with E-state index in [2.05, 4.69) is 28.1 Å². The van der Waals surface area contributed by atoms with Crippen molar-refractivity contribution in [2.75, 3.05) is 0 Å². The summed E-state index contributed by atoms with van der Waals surface area (Å²) in [5.41, 5.74) is 3.02. The summed E-state index contributed by atoms with van der Waals surface area (Å²) < 4.78 is 1.00. The largest absolute Gasteiger partial charge is 0.298 e. The van der Waals surface area contributed by atoms with Crippen LogP contribution >= 0.6 is 15.9 Å². The fourth-order valence-electron chi connectivity index (χ4n) is 1.66. The van der Waals surface area contributed by atoms with Crippen LogP contribution in [0.1, 0.15) is 21.5 Å². The van der Waals surface area contributed by atoms with Gasteiger partial charge in [0.25, 0.3) is 0 Å². The van der Waals surface area contributed by atoms with E-state index >= 15 is 0 Å². The molecular weight excluding hydrogens is 264 g/mol. The first-order valence-electron chi connectivity index (χ1n) is 5.07. The Morgan fingerprint density at radius 1 is 1.06 bits per heavy atom. The third-order valence-electron chi connectivity index (χ3n) is 2.47. The Kier molecular flexibility index (Phi) is 3.52. The summed E-state index contributed by atoms with van der Waals surface area (Å²) in [7, 11) is 0. The first kappa shape index (κ1) is 11.1. The summed E-state index contributed by atoms with van der Waals surface area (Å²) in [6.07, 6.45) is 1.69. The smallest absolute Gasteiger partial charge is 0.150 e. The molecule has 0 aromatic heterocycles. The predicted molar refractivity (Wildman–Crippen MR) is 68.8 cm³/mol. The summed E-state index contributed by atoms with van der Waals surface area (Å²) in [6, 6.07) is 15.9. The topological polar surface area (TPSA) is 17.1 Å². The molecular formula is C14H11BrO. The van der Waals surface area contributed by atoms with Gasteiger partial charge in [-0.1, -0.05) is 52.3 Å². The molecule has 16 heavy (non-hydrogen) atoms. The van der Waals surface area contributed by atoms with Gasteiger partial charge in [-0.15, -0.1) is 0 Å². The summed E-state index contributed by atoms with van der Waals surface area (Å²) >= 11 is 3.42. The van der Waals surface area contributed by atoms with E-state index in [0.717, 1.165) is 28.3 Å². The van der Waals surface area contributed by atoms with Gasteiger partial charge in [-0.05, 0) is 29.7 Å². The summed E-state index contributed by atoms with van der Waals surface area (Å²) in [6.45, 7) is 0. The van der Waals surface area contributed by atoms with Crippen LogP contribution in [0.2, 0.25) is 0 Å². The van der Waals surface area contributed by atoms with Crippen LogP contribution in [0.3, 0.4) is 0 Å². The molecule has 0 N–H and O–H groups in total. The quantitative estimate of drug-likeness (QED) is 0.777. The van der Waals surface area contributed by atoms with E-state index in [1.165, 1.54) is 5.56 Å².